The van der Waals surface area contributed by atoms with Crippen molar-refractivity contribution in [1.29, 1.82) is 5.26 Å². The number of thiophene rings is 1. The number of aromatic amines is 1. The molecule has 0 spiro atoms. The number of fused-ring (bicyclic) bond motifs is 1. The molecule has 162 valence electrons. The molecule has 0 amide bonds. The Morgan fingerprint density at radius 2 is 2.03 bits per heavy atom. The zero-order valence-electron chi connectivity index (χ0n) is 17.5. The summed E-state index contributed by atoms with van der Waals surface area (Å²) in [5.74, 6) is -0.301. The minimum Gasteiger partial charge on any atom is -0.422 e. The van der Waals surface area contributed by atoms with Crippen LogP contribution in [0.15, 0.2) is 77.5 Å². The Bertz CT molecular complexity index is 1410. The van der Waals surface area contributed by atoms with E-state index in [2.05, 4.69) is 16.3 Å². The molecule has 2 aromatic carbocycles. The van der Waals surface area contributed by atoms with Gasteiger partial charge in [0, 0.05) is 5.56 Å². The van der Waals surface area contributed by atoms with Crippen molar-refractivity contribution in [2.75, 3.05) is 0 Å². The number of ether oxygens (including phenoxy) is 2. The Balaban J connectivity index is 1.59. The Labute approximate surface area is 193 Å². The number of allylic oxidation sites excluding steroid dienone is 1. The molecule has 3 heterocycles. The van der Waals surface area contributed by atoms with Crippen LogP contribution in [0.1, 0.15) is 32.3 Å². The molecule has 7 nitrogen and oxygen atoms in total. The number of aromatic nitrogens is 2. The molecule has 33 heavy (non-hydrogen) atoms. The Morgan fingerprint density at radius 1 is 1.21 bits per heavy atom. The summed E-state index contributed by atoms with van der Waals surface area (Å²) in [7, 11) is 0. The van der Waals surface area contributed by atoms with E-state index in [0.29, 0.717) is 22.1 Å². The molecule has 1 aliphatic rings. The number of nitriles is 1. The summed E-state index contributed by atoms with van der Waals surface area (Å²) in [6, 6.07) is 20.7. The van der Waals surface area contributed by atoms with E-state index < -0.39 is 11.9 Å². The van der Waals surface area contributed by atoms with Crippen LogP contribution in [0.3, 0.4) is 0 Å². The number of nitrogens with zero attached hydrogens (tertiary/aromatic N) is 2. The topological polar surface area (TPSA) is 114 Å². The molecule has 8 heteroatoms. The van der Waals surface area contributed by atoms with Gasteiger partial charge in [0.1, 0.15) is 22.3 Å². The number of esters is 1. The van der Waals surface area contributed by atoms with Gasteiger partial charge in [0.15, 0.2) is 0 Å². The summed E-state index contributed by atoms with van der Waals surface area (Å²) in [5, 5.41) is 19.1. The molecule has 4 aromatic rings. The first-order valence-electron chi connectivity index (χ1n) is 10.1. The van der Waals surface area contributed by atoms with Crippen molar-refractivity contribution >= 4 is 17.3 Å². The fourth-order valence-corrected chi connectivity index (χ4v) is 4.43. The molecule has 1 aliphatic heterocycles. The van der Waals surface area contributed by atoms with E-state index in [4.69, 9.17) is 15.2 Å². The quantitative estimate of drug-likeness (QED) is 0.335. The van der Waals surface area contributed by atoms with Crippen LogP contribution in [-0.4, -0.2) is 16.2 Å². The van der Waals surface area contributed by atoms with Crippen molar-refractivity contribution in [1.82, 2.24) is 10.2 Å². The van der Waals surface area contributed by atoms with Crippen molar-refractivity contribution in [2.45, 2.75) is 12.8 Å². The maximum absolute atomic E-state index is 12.4. The summed E-state index contributed by atoms with van der Waals surface area (Å²) in [6.45, 7) is 2.01. The van der Waals surface area contributed by atoms with Gasteiger partial charge in [-0.1, -0.05) is 48.0 Å². The molecule has 0 aliphatic carbocycles. The average molecular weight is 455 g/mol. The van der Waals surface area contributed by atoms with E-state index >= 15 is 0 Å². The van der Waals surface area contributed by atoms with E-state index in [-0.39, 0.29) is 11.5 Å². The molecule has 0 saturated heterocycles. The lowest BCUT2D eigenvalue weighted by atomic mass is 9.83. The molecular weight excluding hydrogens is 436 g/mol. The van der Waals surface area contributed by atoms with E-state index in [9.17, 15) is 10.1 Å². The first-order chi connectivity index (χ1) is 16.0. The van der Waals surface area contributed by atoms with Gasteiger partial charge in [0.05, 0.1) is 17.2 Å². The number of benzene rings is 2. The van der Waals surface area contributed by atoms with Crippen LogP contribution in [0.4, 0.5) is 0 Å². The summed E-state index contributed by atoms with van der Waals surface area (Å²) in [6.07, 6.45) is 0. The number of hydrogen-bond donors (Lipinski definition) is 2. The summed E-state index contributed by atoms with van der Waals surface area (Å²) < 4.78 is 11.2. The minimum absolute atomic E-state index is 0.00191. The second-order valence-corrected chi connectivity index (χ2v) is 8.50. The lowest BCUT2D eigenvalue weighted by Crippen LogP contribution is -2.21. The zero-order valence-corrected chi connectivity index (χ0v) is 18.3. The number of nitrogens with two attached hydrogens (primary N) is 1. The van der Waals surface area contributed by atoms with Gasteiger partial charge >= 0.3 is 5.97 Å². The summed E-state index contributed by atoms with van der Waals surface area (Å²) in [4.78, 5) is 12.9. The van der Waals surface area contributed by atoms with E-state index in [1.54, 1.807) is 30.3 Å². The standard InChI is InChI=1S/C25H18N4O3S/c1-14-7-9-15(10-8-14)22-21-20(18(13-26)23(27)32-24(21)29-28-22)16-4-2-5-17(12-16)31-25(30)19-6-3-11-33-19/h2-12,20H,27H2,1H3,(H,28,29). The zero-order chi connectivity index (χ0) is 22.9. The normalized spacial score (nSPS) is 14.8. The van der Waals surface area contributed by atoms with Gasteiger partial charge in [-0.15, -0.1) is 16.4 Å². The Kier molecular flexibility index (Phi) is 5.17. The number of rotatable bonds is 4. The third-order valence-corrected chi connectivity index (χ3v) is 6.25. The molecule has 5 rings (SSSR count). The molecular formula is C25H18N4O3S. The third-order valence-electron chi connectivity index (χ3n) is 5.40. The van der Waals surface area contributed by atoms with Crippen LogP contribution in [0, 0.1) is 18.3 Å². The first kappa shape index (κ1) is 20.5. The maximum Gasteiger partial charge on any atom is 0.353 e. The van der Waals surface area contributed by atoms with Crippen LogP contribution in [0.5, 0.6) is 11.6 Å². The fraction of sp³-hybridized carbons (Fsp3) is 0.0800. The fourth-order valence-electron chi connectivity index (χ4n) is 3.83. The largest absolute Gasteiger partial charge is 0.422 e. The highest BCUT2D eigenvalue weighted by atomic mass is 32.1. The minimum atomic E-state index is -0.547. The van der Waals surface area contributed by atoms with Gasteiger partial charge in [-0.05, 0) is 36.1 Å². The third kappa shape index (κ3) is 3.75. The second kappa shape index (κ2) is 8.30. The van der Waals surface area contributed by atoms with E-state index in [1.165, 1.54) is 11.3 Å². The predicted octanol–water partition coefficient (Wildman–Crippen LogP) is 4.88. The van der Waals surface area contributed by atoms with Gasteiger partial charge in [0.25, 0.3) is 0 Å². The van der Waals surface area contributed by atoms with Crippen LogP contribution >= 0.6 is 11.3 Å². The molecule has 0 saturated carbocycles. The summed E-state index contributed by atoms with van der Waals surface area (Å²) >= 11 is 1.31. The monoisotopic (exact) mass is 454 g/mol. The van der Waals surface area contributed by atoms with Crippen LogP contribution in [0.2, 0.25) is 0 Å². The van der Waals surface area contributed by atoms with Crippen molar-refractivity contribution in [2.24, 2.45) is 5.73 Å². The average Bonchev–Trinajstić information content (AvgIpc) is 3.49. The van der Waals surface area contributed by atoms with Gasteiger partial charge in [-0.2, -0.15) is 5.26 Å². The van der Waals surface area contributed by atoms with Gasteiger partial charge in [-0.25, -0.2) is 4.79 Å². The van der Waals surface area contributed by atoms with Crippen molar-refractivity contribution in [3.8, 4) is 29.0 Å². The van der Waals surface area contributed by atoms with Crippen LogP contribution < -0.4 is 15.2 Å². The highest BCUT2D eigenvalue weighted by molar-refractivity contribution is 7.12. The lowest BCUT2D eigenvalue weighted by Gasteiger charge is -2.24. The van der Waals surface area contributed by atoms with Crippen molar-refractivity contribution < 1.29 is 14.3 Å². The highest BCUT2D eigenvalue weighted by Crippen LogP contribution is 2.46. The number of aryl methyl sites for hydroxylation is 1. The van der Waals surface area contributed by atoms with Crippen molar-refractivity contribution in [3.05, 3.63) is 99.1 Å². The van der Waals surface area contributed by atoms with Gasteiger partial charge in [0.2, 0.25) is 11.8 Å². The number of hydrogen-bond acceptors (Lipinski definition) is 7. The Morgan fingerprint density at radius 3 is 2.76 bits per heavy atom. The number of carbonyl (C=O) groups excluding carboxylic acids is 1. The van der Waals surface area contributed by atoms with Crippen LogP contribution in [0.25, 0.3) is 11.3 Å². The number of carbonyl (C=O) groups is 1. The molecule has 0 fully saturated rings. The highest BCUT2D eigenvalue weighted by Gasteiger charge is 2.35. The molecule has 0 radical (unpaired) electrons. The predicted molar refractivity (Wildman–Crippen MR) is 124 cm³/mol. The van der Waals surface area contributed by atoms with Crippen molar-refractivity contribution in [3.63, 3.8) is 0 Å². The second-order valence-electron chi connectivity index (χ2n) is 7.55. The maximum atomic E-state index is 12.4. The summed E-state index contributed by atoms with van der Waals surface area (Å²) in [5.41, 5.74) is 10.5. The molecule has 3 N–H and O–H groups in total. The van der Waals surface area contributed by atoms with Gasteiger partial charge in [-0.3, -0.25) is 5.10 Å². The van der Waals surface area contributed by atoms with E-state index in [1.807, 2.05) is 42.6 Å². The smallest absolute Gasteiger partial charge is 0.353 e. The lowest BCUT2D eigenvalue weighted by molar-refractivity contribution is 0.0739. The number of H-pyrrole nitrogens is 1. The van der Waals surface area contributed by atoms with E-state index in [0.717, 1.165) is 22.4 Å². The first-order valence-corrected chi connectivity index (χ1v) is 11.0. The molecule has 1 atom stereocenters. The van der Waals surface area contributed by atoms with Gasteiger partial charge < -0.3 is 15.2 Å². The molecule has 2 aromatic heterocycles. The molecule has 0 bridgehead atoms. The number of nitrogens with one attached hydrogen (secondary N) is 1. The van der Waals surface area contributed by atoms with Crippen LogP contribution in [-0.2, 0) is 0 Å². The molecule has 1 unspecified atom stereocenters. The Hall–Kier alpha value is -4.35. The SMILES string of the molecule is Cc1ccc(-c2[nH]nc3c2C(c2cccc(OC(=O)c4cccs4)c2)C(C#N)=C(N)O3)cc1.